The Balaban J connectivity index is 2.21. The normalized spacial score (nSPS) is 27.4. The first kappa shape index (κ1) is 14.7. The molecule has 0 bridgehead atoms. The predicted molar refractivity (Wildman–Crippen MR) is 77.3 cm³/mol. The van der Waals surface area contributed by atoms with Gasteiger partial charge in [0.2, 0.25) is 0 Å². The Hall–Kier alpha value is -1.75. The lowest BCUT2D eigenvalue weighted by Crippen LogP contribution is -2.36. The summed E-state index contributed by atoms with van der Waals surface area (Å²) >= 11 is 0. The number of nitrogens with zero attached hydrogens (tertiary/aromatic N) is 1. The zero-order chi connectivity index (χ0) is 14.7. The smallest absolute Gasteiger partial charge is 0.173 e. The van der Waals surface area contributed by atoms with Crippen molar-refractivity contribution in [2.45, 2.75) is 51.9 Å². The molecule has 2 rings (SSSR count). The number of benzene rings is 1. The minimum Gasteiger partial charge on any atom is -0.489 e. The van der Waals surface area contributed by atoms with E-state index < -0.39 is 0 Å². The van der Waals surface area contributed by atoms with E-state index >= 15 is 0 Å². The summed E-state index contributed by atoms with van der Waals surface area (Å²) in [6, 6.07) is 5.64. The van der Waals surface area contributed by atoms with E-state index in [4.69, 9.17) is 20.4 Å². The molecule has 1 fully saturated rings. The van der Waals surface area contributed by atoms with Crippen LogP contribution in [0.15, 0.2) is 23.4 Å². The third-order valence-electron chi connectivity index (χ3n) is 3.47. The Morgan fingerprint density at radius 2 is 2.00 bits per heavy atom. The fraction of sp³-hybridized carbons (Fsp3) is 0.533. The second-order valence-corrected chi connectivity index (χ2v) is 5.45. The average Bonchev–Trinajstić information content (AvgIpc) is 2.37. The molecule has 2 unspecified atom stereocenters. The molecule has 20 heavy (non-hydrogen) atoms. The molecule has 3 N–H and O–H groups in total. The maximum atomic E-state index is 8.86. The average molecular weight is 278 g/mol. The van der Waals surface area contributed by atoms with Gasteiger partial charge in [-0.1, -0.05) is 11.2 Å². The van der Waals surface area contributed by atoms with E-state index in [0.717, 1.165) is 18.4 Å². The Bertz CT molecular complexity index is 492. The second-order valence-electron chi connectivity index (χ2n) is 5.45. The number of nitrogens with two attached hydrogens (primary N) is 1. The van der Waals surface area contributed by atoms with Gasteiger partial charge in [0.25, 0.3) is 0 Å². The number of oxime groups is 1. The van der Waals surface area contributed by atoms with Gasteiger partial charge in [0.15, 0.2) is 5.84 Å². The first-order valence-corrected chi connectivity index (χ1v) is 6.90. The Morgan fingerprint density at radius 3 is 2.60 bits per heavy atom. The summed E-state index contributed by atoms with van der Waals surface area (Å²) in [5, 5.41) is 11.9. The molecule has 0 aromatic heterocycles. The largest absolute Gasteiger partial charge is 0.489 e. The molecular weight excluding hydrogens is 256 g/mol. The molecular formula is C15H22N2O3. The first-order chi connectivity index (χ1) is 9.49. The number of aryl methyl sites for hydroxylation is 1. The molecule has 0 aliphatic carbocycles. The summed E-state index contributed by atoms with van der Waals surface area (Å²) in [7, 11) is 0. The van der Waals surface area contributed by atoms with Gasteiger partial charge in [0, 0.05) is 12.8 Å². The number of amidine groups is 1. The minimum absolute atomic E-state index is 0.0631. The van der Waals surface area contributed by atoms with Crippen LogP contribution in [0.4, 0.5) is 0 Å². The maximum Gasteiger partial charge on any atom is 0.173 e. The van der Waals surface area contributed by atoms with Gasteiger partial charge in [-0.25, -0.2) is 0 Å². The Morgan fingerprint density at radius 1 is 1.35 bits per heavy atom. The monoisotopic (exact) mass is 278 g/mol. The summed E-state index contributed by atoms with van der Waals surface area (Å²) < 4.78 is 11.8. The van der Waals surface area contributed by atoms with Gasteiger partial charge in [0.1, 0.15) is 11.9 Å². The van der Waals surface area contributed by atoms with Crippen molar-refractivity contribution in [3.8, 4) is 5.75 Å². The molecule has 0 saturated carbocycles. The van der Waals surface area contributed by atoms with Crippen LogP contribution in [-0.4, -0.2) is 29.4 Å². The summed E-state index contributed by atoms with van der Waals surface area (Å²) in [6.07, 6.45) is 2.13. The van der Waals surface area contributed by atoms with Crippen LogP contribution < -0.4 is 10.5 Å². The molecule has 1 aromatic rings. The number of hydrogen-bond acceptors (Lipinski definition) is 4. The molecule has 1 heterocycles. The van der Waals surface area contributed by atoms with Crippen molar-refractivity contribution < 1.29 is 14.7 Å². The first-order valence-electron chi connectivity index (χ1n) is 6.90. The number of rotatable bonds is 3. The number of ether oxygens (including phenoxy) is 2. The van der Waals surface area contributed by atoms with Gasteiger partial charge >= 0.3 is 0 Å². The van der Waals surface area contributed by atoms with Crippen LogP contribution in [0.2, 0.25) is 0 Å². The highest BCUT2D eigenvalue weighted by molar-refractivity contribution is 5.99. The van der Waals surface area contributed by atoms with Crippen LogP contribution in [0.3, 0.4) is 0 Å². The van der Waals surface area contributed by atoms with Gasteiger partial charge in [0.05, 0.1) is 17.8 Å². The highest BCUT2D eigenvalue weighted by Gasteiger charge is 2.26. The van der Waals surface area contributed by atoms with Crippen molar-refractivity contribution in [2.75, 3.05) is 0 Å². The van der Waals surface area contributed by atoms with Crippen molar-refractivity contribution in [2.24, 2.45) is 10.9 Å². The van der Waals surface area contributed by atoms with Crippen LogP contribution in [0.1, 0.15) is 37.8 Å². The molecule has 5 heteroatoms. The second kappa shape index (κ2) is 6.13. The zero-order valence-electron chi connectivity index (χ0n) is 12.2. The lowest BCUT2D eigenvalue weighted by molar-refractivity contribution is -0.0721. The summed E-state index contributed by atoms with van der Waals surface area (Å²) in [5.74, 6) is 0.722. The van der Waals surface area contributed by atoms with Crippen LogP contribution in [0.25, 0.3) is 0 Å². The Labute approximate surface area is 119 Å². The molecule has 1 aromatic carbocycles. The van der Waals surface area contributed by atoms with E-state index in [1.165, 1.54) is 0 Å². The lowest BCUT2D eigenvalue weighted by Gasteiger charge is -2.32. The van der Waals surface area contributed by atoms with Gasteiger partial charge in [-0.15, -0.1) is 0 Å². The van der Waals surface area contributed by atoms with E-state index in [1.807, 2.05) is 39.0 Å². The molecule has 110 valence electrons. The third-order valence-corrected chi connectivity index (χ3v) is 3.47. The van der Waals surface area contributed by atoms with E-state index in [-0.39, 0.29) is 24.1 Å². The van der Waals surface area contributed by atoms with E-state index in [9.17, 15) is 0 Å². The van der Waals surface area contributed by atoms with Crippen molar-refractivity contribution in [3.05, 3.63) is 29.3 Å². The van der Waals surface area contributed by atoms with Gasteiger partial charge in [-0.05, 0) is 38.5 Å². The van der Waals surface area contributed by atoms with E-state index in [1.54, 1.807) is 0 Å². The predicted octanol–water partition coefficient (Wildman–Crippen LogP) is 2.42. The topological polar surface area (TPSA) is 77.1 Å². The van der Waals surface area contributed by atoms with Crippen molar-refractivity contribution in [1.29, 1.82) is 0 Å². The SMILES string of the molecule is Cc1ccc(/C(N)=N/O)c(OC2CC(C)OC(C)C2)c1. The maximum absolute atomic E-state index is 8.86. The van der Waals surface area contributed by atoms with E-state index in [2.05, 4.69) is 5.16 Å². The quantitative estimate of drug-likeness (QED) is 0.385. The number of hydrogen-bond donors (Lipinski definition) is 2. The molecule has 2 atom stereocenters. The molecule has 1 aliphatic rings. The zero-order valence-corrected chi connectivity index (χ0v) is 12.2. The van der Waals surface area contributed by atoms with Crippen molar-refractivity contribution in [1.82, 2.24) is 0 Å². The van der Waals surface area contributed by atoms with Crippen LogP contribution in [0.5, 0.6) is 5.75 Å². The lowest BCUT2D eigenvalue weighted by atomic mass is 10.0. The summed E-state index contributed by atoms with van der Waals surface area (Å²) in [6.45, 7) is 6.08. The molecule has 5 nitrogen and oxygen atoms in total. The van der Waals surface area contributed by atoms with E-state index in [0.29, 0.717) is 11.3 Å². The fourth-order valence-electron chi connectivity index (χ4n) is 2.61. The standard InChI is InChI=1S/C15H22N2O3/c1-9-4-5-13(15(16)17-18)14(6-9)20-12-7-10(2)19-11(3)8-12/h4-6,10-12,18H,7-8H2,1-3H3,(H2,16,17). The van der Waals surface area contributed by atoms with Crippen LogP contribution in [-0.2, 0) is 4.74 Å². The van der Waals surface area contributed by atoms with Crippen molar-refractivity contribution >= 4 is 5.84 Å². The molecule has 0 radical (unpaired) electrons. The summed E-state index contributed by atoms with van der Waals surface area (Å²) in [5.41, 5.74) is 7.39. The third kappa shape index (κ3) is 3.42. The van der Waals surface area contributed by atoms with Gasteiger partial charge in [-0.2, -0.15) is 0 Å². The van der Waals surface area contributed by atoms with Gasteiger partial charge in [-0.3, -0.25) is 0 Å². The van der Waals surface area contributed by atoms with Gasteiger partial charge < -0.3 is 20.4 Å². The molecule has 0 spiro atoms. The minimum atomic E-state index is 0.0631. The van der Waals surface area contributed by atoms with Crippen LogP contribution in [0, 0.1) is 6.92 Å². The highest BCUT2D eigenvalue weighted by Crippen LogP contribution is 2.27. The Kier molecular flexibility index (Phi) is 4.49. The van der Waals surface area contributed by atoms with Crippen molar-refractivity contribution in [3.63, 3.8) is 0 Å². The highest BCUT2D eigenvalue weighted by atomic mass is 16.5. The summed E-state index contributed by atoms with van der Waals surface area (Å²) in [4.78, 5) is 0. The fourth-order valence-corrected chi connectivity index (χ4v) is 2.61. The molecule has 1 saturated heterocycles. The van der Waals surface area contributed by atoms with Crippen LogP contribution >= 0.6 is 0 Å². The molecule has 0 amide bonds. The molecule has 1 aliphatic heterocycles.